The molecule has 1 aliphatic carbocycles. The number of fused-ring (bicyclic) bond motifs is 1. The van der Waals surface area contributed by atoms with Crippen LogP contribution in [0.1, 0.15) is 37.7 Å². The van der Waals surface area contributed by atoms with Gasteiger partial charge in [0.15, 0.2) is 0 Å². The summed E-state index contributed by atoms with van der Waals surface area (Å²) in [6.07, 6.45) is 6.92. The fourth-order valence-electron chi connectivity index (χ4n) is 4.32. The lowest BCUT2D eigenvalue weighted by Gasteiger charge is -2.31. The van der Waals surface area contributed by atoms with Gasteiger partial charge in [-0.15, -0.1) is 0 Å². The maximum atomic E-state index is 13.1. The van der Waals surface area contributed by atoms with Gasteiger partial charge in [0.05, 0.1) is 5.52 Å². The fraction of sp³-hybridized carbons (Fsp3) is 0.500. The summed E-state index contributed by atoms with van der Waals surface area (Å²) in [6.45, 7) is 2.85. The van der Waals surface area contributed by atoms with Crippen LogP contribution in [0.25, 0.3) is 10.9 Å². The first kappa shape index (κ1) is 16.0. The monoisotopic (exact) mass is 345 g/mol. The largest absolute Gasteiger partial charge is 0.310 e. The minimum atomic E-state index is -3.60. The average Bonchev–Trinajstić information content (AvgIpc) is 3.19. The number of sulfonamides is 1. The molecule has 2 heterocycles. The fourth-order valence-corrected chi connectivity index (χ4v) is 5.83. The molecule has 2 aliphatic rings. The molecule has 1 aromatic carbocycles. The molecule has 2 fully saturated rings. The molecule has 0 amide bonds. The van der Waals surface area contributed by atoms with Crippen LogP contribution in [0, 0.1) is 6.92 Å². The van der Waals surface area contributed by atoms with Crippen molar-refractivity contribution in [3.05, 3.63) is 36.0 Å². The zero-order valence-corrected chi connectivity index (χ0v) is 14.7. The van der Waals surface area contributed by atoms with Gasteiger partial charge in [0.25, 0.3) is 0 Å². The van der Waals surface area contributed by atoms with Crippen LogP contribution < -0.4 is 10.0 Å². The molecule has 1 saturated heterocycles. The Bertz CT molecular complexity index is 867. The maximum Gasteiger partial charge on any atom is 0.243 e. The smallest absolute Gasteiger partial charge is 0.243 e. The number of rotatable bonds is 3. The second-order valence-corrected chi connectivity index (χ2v) is 8.72. The zero-order chi connectivity index (χ0) is 16.8. The van der Waals surface area contributed by atoms with E-state index in [2.05, 4.69) is 15.0 Å². The van der Waals surface area contributed by atoms with Crippen LogP contribution in [0.15, 0.2) is 35.4 Å². The molecule has 0 bridgehead atoms. The van der Waals surface area contributed by atoms with Crippen LogP contribution in [-0.2, 0) is 10.0 Å². The number of aromatic nitrogens is 1. The van der Waals surface area contributed by atoms with Crippen molar-refractivity contribution in [1.29, 1.82) is 0 Å². The number of hydrogen-bond acceptors (Lipinski definition) is 4. The molecule has 1 atom stereocenters. The van der Waals surface area contributed by atoms with E-state index < -0.39 is 10.0 Å². The van der Waals surface area contributed by atoms with E-state index in [1.807, 2.05) is 25.1 Å². The molecule has 1 aromatic heterocycles. The Kier molecular flexibility index (Phi) is 3.86. The quantitative estimate of drug-likeness (QED) is 0.897. The summed E-state index contributed by atoms with van der Waals surface area (Å²) in [4.78, 5) is 4.62. The Hall–Kier alpha value is -1.50. The van der Waals surface area contributed by atoms with Gasteiger partial charge in [-0.1, -0.05) is 25.0 Å². The first-order valence-corrected chi connectivity index (χ1v) is 10.1. The average molecular weight is 345 g/mol. The summed E-state index contributed by atoms with van der Waals surface area (Å²) in [6, 6.07) is 7.26. The molecular weight excluding hydrogens is 322 g/mol. The second kappa shape index (κ2) is 5.79. The SMILES string of the molecule is Cc1ccc(S(=O)(=O)NC2CCNC23CCCC3)c2ncccc12. The van der Waals surface area contributed by atoms with E-state index >= 15 is 0 Å². The van der Waals surface area contributed by atoms with Gasteiger partial charge in [0.2, 0.25) is 10.0 Å². The molecule has 0 radical (unpaired) electrons. The molecule has 1 unspecified atom stereocenters. The Morgan fingerprint density at radius 2 is 2.04 bits per heavy atom. The maximum absolute atomic E-state index is 13.1. The van der Waals surface area contributed by atoms with Crippen LogP contribution in [0.2, 0.25) is 0 Å². The van der Waals surface area contributed by atoms with Crippen LogP contribution >= 0.6 is 0 Å². The highest BCUT2D eigenvalue weighted by atomic mass is 32.2. The van der Waals surface area contributed by atoms with Crippen molar-refractivity contribution >= 4 is 20.9 Å². The van der Waals surface area contributed by atoms with E-state index in [1.165, 1.54) is 12.8 Å². The van der Waals surface area contributed by atoms with Crippen molar-refractivity contribution in [2.24, 2.45) is 0 Å². The highest BCUT2D eigenvalue weighted by Crippen LogP contribution is 2.37. The molecule has 4 rings (SSSR count). The third-order valence-electron chi connectivity index (χ3n) is 5.61. The summed E-state index contributed by atoms with van der Waals surface area (Å²) in [5.74, 6) is 0. The molecule has 1 spiro atoms. The Morgan fingerprint density at radius 3 is 2.83 bits per heavy atom. The van der Waals surface area contributed by atoms with E-state index in [-0.39, 0.29) is 16.5 Å². The minimum Gasteiger partial charge on any atom is -0.310 e. The summed E-state index contributed by atoms with van der Waals surface area (Å²) >= 11 is 0. The molecule has 128 valence electrons. The van der Waals surface area contributed by atoms with Crippen molar-refractivity contribution in [1.82, 2.24) is 15.0 Å². The van der Waals surface area contributed by atoms with Crippen molar-refractivity contribution in [2.75, 3.05) is 6.54 Å². The Morgan fingerprint density at radius 1 is 1.25 bits per heavy atom. The van der Waals surface area contributed by atoms with Crippen LogP contribution in [0.5, 0.6) is 0 Å². The van der Waals surface area contributed by atoms with Gasteiger partial charge in [0.1, 0.15) is 4.90 Å². The van der Waals surface area contributed by atoms with Crippen LogP contribution in [0.3, 0.4) is 0 Å². The molecule has 1 aliphatic heterocycles. The van der Waals surface area contributed by atoms with Crippen molar-refractivity contribution in [3.8, 4) is 0 Å². The van der Waals surface area contributed by atoms with E-state index in [1.54, 1.807) is 12.3 Å². The molecule has 2 aromatic rings. The van der Waals surface area contributed by atoms with E-state index in [9.17, 15) is 8.42 Å². The standard InChI is InChI=1S/C18H23N3O2S/c1-13-6-7-15(17-14(13)5-4-11-19-17)24(22,23)21-16-8-12-20-18(16)9-2-3-10-18/h4-7,11,16,20-21H,2-3,8-10,12H2,1H3. The Balaban J connectivity index is 1.72. The second-order valence-electron chi connectivity index (χ2n) is 7.03. The summed E-state index contributed by atoms with van der Waals surface area (Å²) in [5, 5.41) is 4.45. The molecule has 6 heteroatoms. The van der Waals surface area contributed by atoms with Crippen molar-refractivity contribution in [3.63, 3.8) is 0 Å². The van der Waals surface area contributed by atoms with Gasteiger partial charge in [-0.3, -0.25) is 4.98 Å². The van der Waals surface area contributed by atoms with Crippen LogP contribution in [-0.4, -0.2) is 31.5 Å². The van der Waals surface area contributed by atoms with Gasteiger partial charge >= 0.3 is 0 Å². The van der Waals surface area contributed by atoms with Gasteiger partial charge in [-0.25, -0.2) is 13.1 Å². The molecule has 2 N–H and O–H groups in total. The summed E-state index contributed by atoms with van der Waals surface area (Å²) in [5.41, 5.74) is 1.53. The lowest BCUT2D eigenvalue weighted by atomic mass is 9.91. The predicted octanol–water partition coefficient (Wildman–Crippen LogP) is 2.50. The zero-order valence-electron chi connectivity index (χ0n) is 13.9. The molecular formula is C18H23N3O2S. The highest BCUT2D eigenvalue weighted by molar-refractivity contribution is 7.89. The van der Waals surface area contributed by atoms with Gasteiger partial charge in [0, 0.05) is 23.2 Å². The number of nitrogens with one attached hydrogen (secondary N) is 2. The molecule has 1 saturated carbocycles. The number of pyridine rings is 1. The molecule has 24 heavy (non-hydrogen) atoms. The van der Waals surface area contributed by atoms with Gasteiger partial charge in [-0.05, 0) is 50.4 Å². The van der Waals surface area contributed by atoms with E-state index in [0.717, 1.165) is 36.8 Å². The number of hydrogen-bond donors (Lipinski definition) is 2. The number of benzene rings is 1. The summed E-state index contributed by atoms with van der Waals surface area (Å²) < 4.78 is 29.1. The molecule has 5 nitrogen and oxygen atoms in total. The lowest BCUT2D eigenvalue weighted by molar-refractivity contribution is 0.329. The van der Waals surface area contributed by atoms with Crippen LogP contribution in [0.4, 0.5) is 0 Å². The van der Waals surface area contributed by atoms with Crippen molar-refractivity contribution < 1.29 is 8.42 Å². The first-order chi connectivity index (χ1) is 11.5. The third-order valence-corrected chi connectivity index (χ3v) is 7.11. The number of aryl methyl sites for hydroxylation is 1. The van der Waals surface area contributed by atoms with Gasteiger partial charge in [-0.2, -0.15) is 0 Å². The van der Waals surface area contributed by atoms with Crippen molar-refractivity contribution in [2.45, 2.75) is 55.5 Å². The third kappa shape index (κ3) is 2.53. The normalized spacial score (nSPS) is 23.3. The Labute approximate surface area is 142 Å². The lowest BCUT2D eigenvalue weighted by Crippen LogP contribution is -2.53. The van der Waals surface area contributed by atoms with Gasteiger partial charge < -0.3 is 5.32 Å². The minimum absolute atomic E-state index is 0.0370. The first-order valence-electron chi connectivity index (χ1n) is 8.64. The van der Waals surface area contributed by atoms with E-state index in [4.69, 9.17) is 0 Å². The topological polar surface area (TPSA) is 71.1 Å². The highest BCUT2D eigenvalue weighted by Gasteiger charge is 2.46. The van der Waals surface area contributed by atoms with E-state index in [0.29, 0.717) is 5.52 Å². The number of nitrogens with zero attached hydrogens (tertiary/aromatic N) is 1. The summed E-state index contributed by atoms with van der Waals surface area (Å²) in [7, 11) is -3.60. The predicted molar refractivity (Wildman–Crippen MR) is 94.4 cm³/mol.